The van der Waals surface area contributed by atoms with Crippen LogP contribution < -0.4 is 20.9 Å². The predicted octanol–water partition coefficient (Wildman–Crippen LogP) is 4.00. The Kier molecular flexibility index (Phi) is 7.46. The van der Waals surface area contributed by atoms with Crippen molar-refractivity contribution < 1.29 is 13.3 Å². The van der Waals surface area contributed by atoms with E-state index in [0.29, 0.717) is 12.2 Å². The Balaban J connectivity index is 1.80. The highest BCUT2D eigenvalue weighted by atomic mass is 32.2. The van der Waals surface area contributed by atoms with Crippen molar-refractivity contribution in [3.8, 4) is 0 Å². The number of hydrogen-bond donors (Lipinski definition) is 4. The number of aryl methyl sites for hydroxylation is 2. The van der Waals surface area contributed by atoms with Gasteiger partial charge >= 0.3 is 0 Å². The quantitative estimate of drug-likeness (QED) is 0.214. The van der Waals surface area contributed by atoms with Crippen molar-refractivity contribution in [1.82, 2.24) is 10.7 Å². The number of hydrazine groups is 1. The summed E-state index contributed by atoms with van der Waals surface area (Å²) in [6.07, 6.45) is 0. The van der Waals surface area contributed by atoms with E-state index < -0.39 is 14.9 Å². The number of nitro groups is 1. The van der Waals surface area contributed by atoms with Crippen molar-refractivity contribution in [1.29, 1.82) is 0 Å². The van der Waals surface area contributed by atoms with Crippen LogP contribution in [0.4, 0.5) is 17.1 Å². The molecule has 0 saturated carbocycles. The van der Waals surface area contributed by atoms with E-state index in [0.717, 1.165) is 22.8 Å². The molecule has 3 aromatic carbocycles. The van der Waals surface area contributed by atoms with Crippen LogP contribution in [0.3, 0.4) is 0 Å². The molecule has 0 spiro atoms. The van der Waals surface area contributed by atoms with Gasteiger partial charge in [0.2, 0.25) is 0 Å². The molecular weight excluding hydrogens is 462 g/mol. The highest BCUT2D eigenvalue weighted by Crippen LogP contribution is 2.29. The number of hydrogen-bond acceptors (Lipinski definition) is 6. The summed E-state index contributed by atoms with van der Waals surface area (Å²) in [4.78, 5) is 10.3. The van der Waals surface area contributed by atoms with Crippen LogP contribution in [0.1, 0.15) is 16.7 Å². The van der Waals surface area contributed by atoms with E-state index in [9.17, 15) is 18.5 Å². The number of nitro benzene ring substituents is 1. The number of anilines is 2. The van der Waals surface area contributed by atoms with Gasteiger partial charge in [-0.15, -0.1) is 0 Å². The Labute approximate surface area is 197 Å². The summed E-state index contributed by atoms with van der Waals surface area (Å²) in [6, 6.07) is 18.4. The van der Waals surface area contributed by atoms with Crippen LogP contribution in [-0.4, -0.2) is 18.5 Å². The zero-order valence-corrected chi connectivity index (χ0v) is 19.6. The zero-order chi connectivity index (χ0) is 24.0. The van der Waals surface area contributed by atoms with Gasteiger partial charge in [-0.3, -0.25) is 25.7 Å². The molecule has 172 valence electrons. The zero-order valence-electron chi connectivity index (χ0n) is 18.0. The molecular formula is C22H23N5O4S2. The molecule has 4 N–H and O–H groups in total. The second-order valence-corrected chi connectivity index (χ2v) is 9.34. The van der Waals surface area contributed by atoms with Gasteiger partial charge in [-0.1, -0.05) is 48.0 Å². The Morgan fingerprint density at radius 3 is 2.36 bits per heavy atom. The third kappa shape index (κ3) is 6.40. The van der Waals surface area contributed by atoms with Crippen molar-refractivity contribution in [3.05, 3.63) is 93.5 Å². The van der Waals surface area contributed by atoms with E-state index in [1.165, 1.54) is 12.1 Å². The average molecular weight is 486 g/mol. The molecule has 0 aromatic heterocycles. The van der Waals surface area contributed by atoms with Crippen LogP contribution in [-0.2, 0) is 16.6 Å². The third-order valence-corrected chi connectivity index (χ3v) is 6.35. The normalized spacial score (nSPS) is 10.8. The minimum Gasteiger partial charge on any atom is -0.357 e. The highest BCUT2D eigenvalue weighted by molar-refractivity contribution is 7.93. The van der Waals surface area contributed by atoms with Gasteiger partial charge in [0.1, 0.15) is 4.90 Å². The number of benzene rings is 3. The molecule has 33 heavy (non-hydrogen) atoms. The third-order valence-electron chi connectivity index (χ3n) is 4.70. The fourth-order valence-electron chi connectivity index (χ4n) is 3.02. The van der Waals surface area contributed by atoms with E-state index in [-0.39, 0.29) is 21.4 Å². The van der Waals surface area contributed by atoms with E-state index in [4.69, 9.17) is 12.2 Å². The SMILES string of the molecule is Cc1ccc(NS(=O)(=O)c2cc([N+](=O)[O-])ccc2NNC(=S)NCc2ccccc2)c(C)c1. The van der Waals surface area contributed by atoms with Crippen molar-refractivity contribution >= 4 is 44.4 Å². The number of nitrogens with zero attached hydrogens (tertiary/aromatic N) is 1. The van der Waals surface area contributed by atoms with Gasteiger partial charge in [-0.25, -0.2) is 8.42 Å². The number of nitrogens with one attached hydrogen (secondary N) is 4. The first-order chi connectivity index (χ1) is 15.7. The lowest BCUT2D eigenvalue weighted by atomic mass is 10.1. The van der Waals surface area contributed by atoms with E-state index in [2.05, 4.69) is 20.9 Å². The van der Waals surface area contributed by atoms with Crippen LogP contribution in [0, 0.1) is 24.0 Å². The van der Waals surface area contributed by atoms with Gasteiger partial charge in [0, 0.05) is 18.7 Å². The van der Waals surface area contributed by atoms with Crippen molar-refractivity contribution in [2.45, 2.75) is 25.3 Å². The molecule has 0 bridgehead atoms. The number of rotatable bonds is 8. The molecule has 0 heterocycles. The van der Waals surface area contributed by atoms with Gasteiger partial charge in [0.15, 0.2) is 5.11 Å². The van der Waals surface area contributed by atoms with Crippen LogP contribution in [0.15, 0.2) is 71.6 Å². The summed E-state index contributed by atoms with van der Waals surface area (Å²) in [5.74, 6) is 0. The molecule has 11 heteroatoms. The average Bonchev–Trinajstić information content (AvgIpc) is 2.78. The maximum absolute atomic E-state index is 13.1. The lowest BCUT2D eigenvalue weighted by Crippen LogP contribution is -2.38. The smallest absolute Gasteiger partial charge is 0.270 e. The Morgan fingerprint density at radius 1 is 1.00 bits per heavy atom. The topological polar surface area (TPSA) is 125 Å². The van der Waals surface area contributed by atoms with Crippen LogP contribution in [0.5, 0.6) is 0 Å². The van der Waals surface area contributed by atoms with Crippen molar-refractivity contribution in [2.24, 2.45) is 0 Å². The second-order valence-electron chi connectivity index (χ2n) is 7.28. The maximum atomic E-state index is 13.1. The number of sulfonamides is 1. The van der Waals surface area contributed by atoms with Gasteiger partial charge < -0.3 is 5.32 Å². The Hall–Kier alpha value is -3.70. The van der Waals surface area contributed by atoms with E-state index in [1.54, 1.807) is 19.1 Å². The summed E-state index contributed by atoms with van der Waals surface area (Å²) < 4.78 is 28.8. The Bertz CT molecular complexity index is 1280. The molecule has 0 fully saturated rings. The molecule has 0 aliphatic carbocycles. The minimum atomic E-state index is -4.16. The molecule has 0 amide bonds. The van der Waals surface area contributed by atoms with Crippen molar-refractivity contribution in [3.63, 3.8) is 0 Å². The van der Waals surface area contributed by atoms with Crippen LogP contribution in [0.2, 0.25) is 0 Å². The maximum Gasteiger partial charge on any atom is 0.270 e. The predicted molar refractivity (Wildman–Crippen MR) is 132 cm³/mol. The molecule has 0 saturated heterocycles. The minimum absolute atomic E-state index is 0.0988. The summed E-state index contributed by atoms with van der Waals surface area (Å²) in [6.45, 7) is 4.14. The van der Waals surface area contributed by atoms with Gasteiger partial charge in [-0.2, -0.15) is 0 Å². The molecule has 0 aliphatic rings. The fourth-order valence-corrected chi connectivity index (χ4v) is 4.46. The van der Waals surface area contributed by atoms with E-state index in [1.807, 2.05) is 43.3 Å². The molecule has 0 aliphatic heterocycles. The lowest BCUT2D eigenvalue weighted by Gasteiger charge is -2.17. The van der Waals surface area contributed by atoms with Crippen LogP contribution in [0.25, 0.3) is 0 Å². The van der Waals surface area contributed by atoms with Crippen molar-refractivity contribution in [2.75, 3.05) is 10.1 Å². The molecule has 3 aromatic rings. The molecule has 3 rings (SSSR count). The summed E-state index contributed by atoms with van der Waals surface area (Å²) in [5.41, 5.74) is 8.30. The first kappa shape index (κ1) is 24.0. The Morgan fingerprint density at radius 2 is 1.70 bits per heavy atom. The summed E-state index contributed by atoms with van der Waals surface area (Å²) in [5, 5.41) is 14.5. The largest absolute Gasteiger partial charge is 0.357 e. The van der Waals surface area contributed by atoms with Crippen LogP contribution >= 0.6 is 12.2 Å². The highest BCUT2D eigenvalue weighted by Gasteiger charge is 2.23. The first-order valence-corrected chi connectivity index (χ1v) is 11.8. The fraction of sp³-hybridized carbons (Fsp3) is 0.136. The summed E-state index contributed by atoms with van der Waals surface area (Å²) in [7, 11) is -4.16. The van der Waals surface area contributed by atoms with Gasteiger partial charge in [-0.05, 0) is 49.3 Å². The molecule has 0 radical (unpaired) electrons. The molecule has 0 atom stereocenters. The standard InChI is InChI=1S/C22H23N5O4S2/c1-15-8-10-19(16(2)12-15)26-33(30,31)21-13-18(27(28)29)9-11-20(21)24-25-22(32)23-14-17-6-4-3-5-7-17/h3-13,24,26H,14H2,1-2H3,(H2,23,25,32). The second kappa shape index (κ2) is 10.3. The number of thiocarbonyl (C=S) groups is 1. The summed E-state index contributed by atoms with van der Waals surface area (Å²) >= 11 is 5.23. The monoisotopic (exact) mass is 485 g/mol. The number of non-ortho nitro benzene ring substituents is 1. The van der Waals surface area contributed by atoms with Gasteiger partial charge in [0.05, 0.1) is 16.3 Å². The van der Waals surface area contributed by atoms with E-state index >= 15 is 0 Å². The lowest BCUT2D eigenvalue weighted by molar-refractivity contribution is -0.385. The van der Waals surface area contributed by atoms with Gasteiger partial charge in [0.25, 0.3) is 15.7 Å². The first-order valence-electron chi connectivity index (χ1n) is 9.88. The molecule has 0 unspecified atom stereocenters. The molecule has 9 nitrogen and oxygen atoms in total.